The maximum absolute atomic E-state index is 13.7. The van der Waals surface area contributed by atoms with Crippen molar-refractivity contribution in [3.8, 4) is 0 Å². The van der Waals surface area contributed by atoms with E-state index in [2.05, 4.69) is 10.6 Å². The van der Waals surface area contributed by atoms with Gasteiger partial charge in [0.05, 0.1) is 10.6 Å². The second kappa shape index (κ2) is 8.81. The standard InChI is InChI=1S/C21H18FN5O4S/c22-14-2-1-3-15(12-14)26-20(29)17(19(28)24-21(26)32)11-13-10-16(27(30)31)4-5-18(13)25-8-6-23-7-9-25/h1-5,10-12,23H,6-9H2,(H,24,28,32)/b17-11-. The van der Waals surface area contributed by atoms with Gasteiger partial charge in [0.2, 0.25) is 0 Å². The molecular formula is C21H18FN5O4S. The lowest BCUT2D eigenvalue weighted by Crippen LogP contribution is -2.54. The van der Waals surface area contributed by atoms with Crippen LogP contribution in [0.1, 0.15) is 5.56 Å². The molecule has 2 aromatic rings. The largest absolute Gasteiger partial charge is 0.368 e. The first kappa shape index (κ1) is 21.5. The molecule has 0 unspecified atom stereocenters. The number of hydrogen-bond donors (Lipinski definition) is 2. The third kappa shape index (κ3) is 4.20. The van der Waals surface area contributed by atoms with Gasteiger partial charge in [-0.25, -0.2) is 4.39 Å². The molecule has 2 saturated heterocycles. The zero-order valence-electron chi connectivity index (χ0n) is 16.7. The molecular weight excluding hydrogens is 437 g/mol. The molecule has 2 aliphatic rings. The molecule has 0 aliphatic carbocycles. The third-order valence-electron chi connectivity index (χ3n) is 5.15. The van der Waals surface area contributed by atoms with Crippen LogP contribution < -0.4 is 20.4 Å². The highest BCUT2D eigenvalue weighted by Gasteiger charge is 2.35. The van der Waals surface area contributed by atoms with Gasteiger partial charge in [0.1, 0.15) is 11.4 Å². The quantitative estimate of drug-likeness (QED) is 0.239. The van der Waals surface area contributed by atoms with Crippen molar-refractivity contribution in [3.05, 3.63) is 69.5 Å². The van der Waals surface area contributed by atoms with Gasteiger partial charge in [-0.3, -0.25) is 29.9 Å². The lowest BCUT2D eigenvalue weighted by molar-refractivity contribution is -0.384. The minimum Gasteiger partial charge on any atom is -0.368 e. The summed E-state index contributed by atoms with van der Waals surface area (Å²) in [5.74, 6) is -2.05. The smallest absolute Gasteiger partial charge is 0.270 e. The number of non-ortho nitro benzene ring substituents is 1. The van der Waals surface area contributed by atoms with Crippen molar-refractivity contribution in [1.29, 1.82) is 0 Å². The van der Waals surface area contributed by atoms with Crippen LogP contribution in [0, 0.1) is 15.9 Å². The Morgan fingerprint density at radius 1 is 1.12 bits per heavy atom. The van der Waals surface area contributed by atoms with E-state index in [1.807, 2.05) is 4.90 Å². The first-order valence-corrected chi connectivity index (χ1v) is 10.2. The Morgan fingerprint density at radius 2 is 1.88 bits per heavy atom. The number of piperazine rings is 1. The normalized spacial score (nSPS) is 18.2. The molecule has 2 heterocycles. The number of nitrogens with zero attached hydrogens (tertiary/aromatic N) is 3. The van der Waals surface area contributed by atoms with Crippen LogP contribution in [0.4, 0.5) is 21.5 Å². The lowest BCUT2D eigenvalue weighted by Gasteiger charge is -2.31. The Balaban J connectivity index is 1.79. The van der Waals surface area contributed by atoms with Crippen molar-refractivity contribution in [2.45, 2.75) is 0 Å². The summed E-state index contributed by atoms with van der Waals surface area (Å²) in [5, 5.41) is 16.8. The average Bonchev–Trinajstić information content (AvgIpc) is 2.77. The van der Waals surface area contributed by atoms with Gasteiger partial charge in [-0.15, -0.1) is 0 Å². The Bertz CT molecular complexity index is 1160. The van der Waals surface area contributed by atoms with Crippen LogP contribution >= 0.6 is 12.2 Å². The monoisotopic (exact) mass is 455 g/mol. The molecule has 2 aromatic carbocycles. The Labute approximate surface area is 187 Å². The topological polar surface area (TPSA) is 108 Å². The average molecular weight is 455 g/mol. The number of carbonyl (C=O) groups excluding carboxylic acids is 2. The van der Waals surface area contributed by atoms with Crippen molar-refractivity contribution in [3.63, 3.8) is 0 Å². The van der Waals surface area contributed by atoms with Gasteiger partial charge in [0, 0.05) is 49.6 Å². The molecule has 0 radical (unpaired) electrons. The summed E-state index contributed by atoms with van der Waals surface area (Å²) in [7, 11) is 0. The summed E-state index contributed by atoms with van der Waals surface area (Å²) >= 11 is 5.13. The van der Waals surface area contributed by atoms with Crippen LogP contribution in [0.25, 0.3) is 6.08 Å². The number of thiocarbonyl (C=S) groups is 1. The number of amides is 2. The van der Waals surface area contributed by atoms with Crippen LogP contribution in [0.3, 0.4) is 0 Å². The van der Waals surface area contributed by atoms with Crippen LogP contribution in [0.5, 0.6) is 0 Å². The van der Waals surface area contributed by atoms with Gasteiger partial charge < -0.3 is 10.2 Å². The molecule has 11 heteroatoms. The molecule has 2 fully saturated rings. The first-order chi connectivity index (χ1) is 15.3. The fourth-order valence-electron chi connectivity index (χ4n) is 3.63. The number of nitro benzene ring substituents is 1. The van der Waals surface area contributed by atoms with Crippen LogP contribution in [-0.2, 0) is 9.59 Å². The number of halogens is 1. The minimum absolute atomic E-state index is 0.160. The molecule has 164 valence electrons. The van der Waals surface area contributed by atoms with Crippen molar-refractivity contribution < 1.29 is 18.9 Å². The summed E-state index contributed by atoms with van der Waals surface area (Å²) < 4.78 is 13.7. The van der Waals surface area contributed by atoms with Crippen LogP contribution in [0.2, 0.25) is 0 Å². The molecule has 2 amide bonds. The summed E-state index contributed by atoms with van der Waals surface area (Å²) in [4.78, 5) is 39.7. The van der Waals surface area contributed by atoms with Gasteiger partial charge in [-0.05, 0) is 42.6 Å². The van der Waals surface area contributed by atoms with Crippen molar-refractivity contribution >= 4 is 52.3 Å². The third-order valence-corrected chi connectivity index (χ3v) is 5.43. The Morgan fingerprint density at radius 3 is 2.56 bits per heavy atom. The number of nitrogens with one attached hydrogen (secondary N) is 2. The number of benzene rings is 2. The van der Waals surface area contributed by atoms with Crippen LogP contribution in [-0.4, -0.2) is 48.0 Å². The number of nitro groups is 1. The van der Waals surface area contributed by atoms with Crippen LogP contribution in [0.15, 0.2) is 48.0 Å². The fourth-order valence-corrected chi connectivity index (χ4v) is 3.91. The van der Waals surface area contributed by atoms with E-state index in [0.717, 1.165) is 24.1 Å². The minimum atomic E-state index is -0.748. The van der Waals surface area contributed by atoms with E-state index in [-0.39, 0.29) is 22.1 Å². The Hall–Kier alpha value is -3.70. The molecule has 4 rings (SSSR count). The second-order valence-electron chi connectivity index (χ2n) is 7.17. The van der Waals surface area contributed by atoms with E-state index in [0.29, 0.717) is 24.3 Å². The highest BCUT2D eigenvalue weighted by atomic mass is 32.1. The second-order valence-corrected chi connectivity index (χ2v) is 7.56. The molecule has 32 heavy (non-hydrogen) atoms. The zero-order chi connectivity index (χ0) is 22.8. The number of hydrogen-bond acceptors (Lipinski definition) is 7. The van der Waals surface area contributed by atoms with E-state index in [1.54, 1.807) is 6.07 Å². The Kier molecular flexibility index (Phi) is 5.93. The summed E-state index contributed by atoms with van der Waals surface area (Å²) in [5.41, 5.74) is 0.742. The van der Waals surface area contributed by atoms with Crippen molar-refractivity contribution in [2.24, 2.45) is 0 Å². The number of anilines is 2. The first-order valence-electron chi connectivity index (χ1n) is 9.76. The van der Waals surface area contributed by atoms with E-state index < -0.39 is 22.6 Å². The summed E-state index contributed by atoms with van der Waals surface area (Å²) in [6.45, 7) is 2.78. The van der Waals surface area contributed by atoms with Gasteiger partial charge >= 0.3 is 0 Å². The maximum atomic E-state index is 13.7. The van der Waals surface area contributed by atoms with E-state index >= 15 is 0 Å². The van der Waals surface area contributed by atoms with Gasteiger partial charge in [-0.2, -0.15) is 0 Å². The number of carbonyl (C=O) groups is 2. The molecule has 9 nitrogen and oxygen atoms in total. The highest BCUT2D eigenvalue weighted by Crippen LogP contribution is 2.30. The SMILES string of the molecule is O=C1NC(=S)N(c2cccc(F)c2)C(=O)/C1=C\c1cc([N+](=O)[O-])ccc1N1CCNCC1. The van der Waals surface area contributed by atoms with Gasteiger partial charge in [-0.1, -0.05) is 6.07 Å². The molecule has 0 aromatic heterocycles. The molecule has 0 atom stereocenters. The molecule has 0 saturated carbocycles. The van der Waals surface area contributed by atoms with E-state index in [4.69, 9.17) is 12.2 Å². The summed E-state index contributed by atoms with van der Waals surface area (Å²) in [6, 6.07) is 9.57. The van der Waals surface area contributed by atoms with E-state index in [9.17, 15) is 24.1 Å². The predicted molar refractivity (Wildman–Crippen MR) is 121 cm³/mol. The molecule has 0 spiro atoms. The lowest BCUT2D eigenvalue weighted by atomic mass is 10.0. The van der Waals surface area contributed by atoms with Gasteiger partial charge in [0.15, 0.2) is 5.11 Å². The van der Waals surface area contributed by atoms with Gasteiger partial charge in [0.25, 0.3) is 17.5 Å². The molecule has 0 bridgehead atoms. The molecule has 2 N–H and O–H groups in total. The zero-order valence-corrected chi connectivity index (χ0v) is 17.5. The van der Waals surface area contributed by atoms with E-state index in [1.165, 1.54) is 36.4 Å². The van der Waals surface area contributed by atoms with Crippen molar-refractivity contribution in [1.82, 2.24) is 10.6 Å². The maximum Gasteiger partial charge on any atom is 0.270 e. The molecule has 2 aliphatic heterocycles. The highest BCUT2D eigenvalue weighted by molar-refractivity contribution is 7.80. The number of rotatable bonds is 4. The predicted octanol–water partition coefficient (Wildman–Crippen LogP) is 1.97. The fraction of sp³-hybridized carbons (Fsp3) is 0.190. The summed E-state index contributed by atoms with van der Waals surface area (Å²) in [6.07, 6.45) is 1.32. The van der Waals surface area contributed by atoms with Crippen molar-refractivity contribution in [2.75, 3.05) is 36.0 Å².